The third-order valence-corrected chi connectivity index (χ3v) is 7.51. The Morgan fingerprint density at radius 3 is 2.67 bits per heavy atom. The van der Waals surface area contributed by atoms with Gasteiger partial charge in [0.2, 0.25) is 10.0 Å². The molecule has 1 saturated heterocycles. The highest BCUT2D eigenvalue weighted by Crippen LogP contribution is 2.42. The van der Waals surface area contributed by atoms with Crippen molar-refractivity contribution in [2.45, 2.75) is 42.9 Å². The molecule has 8 heteroatoms. The van der Waals surface area contributed by atoms with E-state index >= 15 is 0 Å². The number of hydrogen-bond donors (Lipinski definition) is 2. The summed E-state index contributed by atoms with van der Waals surface area (Å²) in [6, 6.07) is 12.7. The third kappa shape index (κ3) is 4.83. The molecule has 4 rings (SSSR count). The number of aliphatic carboxylic acids is 1. The van der Waals surface area contributed by atoms with E-state index < -0.39 is 40.2 Å². The average molecular weight is 467 g/mol. The highest BCUT2D eigenvalue weighted by molar-refractivity contribution is 7.89. The molecule has 1 aliphatic heterocycles. The number of carbonyl (C=O) groups is 1. The minimum Gasteiger partial charge on any atom is -0.480 e. The van der Waals surface area contributed by atoms with Gasteiger partial charge in [-0.15, -0.1) is 6.58 Å². The number of carboxylic acid groups (broad SMARTS) is 1. The number of carboxylic acids is 1. The van der Waals surface area contributed by atoms with Crippen LogP contribution >= 0.6 is 0 Å². The lowest BCUT2D eigenvalue weighted by Crippen LogP contribution is -2.48. The summed E-state index contributed by atoms with van der Waals surface area (Å²) in [5, 5.41) is 11.9. The molecule has 2 heterocycles. The molecular weight excluding hydrogens is 440 g/mol. The van der Waals surface area contributed by atoms with E-state index in [9.17, 15) is 18.3 Å². The van der Waals surface area contributed by atoms with Gasteiger partial charge in [-0.3, -0.25) is 9.78 Å². The SMILES string of the molecule is C=CC[C@@H]1O[C@@H](c2cncc3ccccc23)CC1[C@H](NS(=O)(=O)c1ccc(C)cc1)C(=O)O. The molecule has 3 aromatic rings. The fraction of sp³-hybridized carbons (Fsp3) is 0.280. The Balaban J connectivity index is 1.66. The second kappa shape index (κ2) is 9.43. The number of hydrogen-bond acceptors (Lipinski definition) is 5. The first-order valence-electron chi connectivity index (χ1n) is 10.7. The fourth-order valence-electron chi connectivity index (χ4n) is 4.38. The van der Waals surface area contributed by atoms with Gasteiger partial charge >= 0.3 is 5.97 Å². The van der Waals surface area contributed by atoms with Gasteiger partial charge in [-0.1, -0.05) is 48.0 Å². The quantitative estimate of drug-likeness (QED) is 0.486. The van der Waals surface area contributed by atoms with Crippen molar-refractivity contribution in [1.29, 1.82) is 0 Å². The van der Waals surface area contributed by atoms with Crippen LogP contribution in [0.15, 0.2) is 78.5 Å². The predicted molar refractivity (Wildman–Crippen MR) is 125 cm³/mol. The molecule has 0 amide bonds. The topological polar surface area (TPSA) is 106 Å². The molecule has 1 aliphatic rings. The van der Waals surface area contributed by atoms with E-state index in [1.54, 1.807) is 30.6 Å². The van der Waals surface area contributed by atoms with Crippen molar-refractivity contribution in [3.63, 3.8) is 0 Å². The first-order chi connectivity index (χ1) is 15.8. The number of benzene rings is 2. The number of pyridine rings is 1. The van der Waals surface area contributed by atoms with Crippen molar-refractivity contribution >= 4 is 26.8 Å². The van der Waals surface area contributed by atoms with Crippen LogP contribution in [0, 0.1) is 12.8 Å². The molecule has 4 atom stereocenters. The normalized spacial score (nSPS) is 21.7. The Labute approximate surface area is 193 Å². The van der Waals surface area contributed by atoms with Crippen molar-refractivity contribution in [2.24, 2.45) is 5.92 Å². The van der Waals surface area contributed by atoms with E-state index in [1.807, 2.05) is 31.2 Å². The lowest BCUT2D eigenvalue weighted by molar-refractivity contribution is -0.141. The van der Waals surface area contributed by atoms with Crippen molar-refractivity contribution < 1.29 is 23.1 Å². The standard InChI is InChI=1S/C25H26N2O5S/c1-3-6-22-20(13-23(32-22)21-15-26-14-17-7-4-5-8-19(17)21)24(25(28)29)27-33(30,31)18-11-9-16(2)10-12-18/h3-5,7-12,14-15,20,22-24,27H,1,6,13H2,2H3,(H,28,29)/t20?,22-,23+,24-/m0/s1. The molecule has 7 nitrogen and oxygen atoms in total. The zero-order valence-electron chi connectivity index (χ0n) is 18.2. The highest BCUT2D eigenvalue weighted by Gasteiger charge is 2.44. The first-order valence-corrected chi connectivity index (χ1v) is 12.2. The Morgan fingerprint density at radius 1 is 1.24 bits per heavy atom. The maximum atomic E-state index is 13.0. The molecule has 2 aromatic carbocycles. The number of nitrogens with one attached hydrogen (secondary N) is 1. The van der Waals surface area contributed by atoms with Crippen LogP contribution in [0.4, 0.5) is 0 Å². The maximum Gasteiger partial charge on any atom is 0.322 e. The van der Waals surface area contributed by atoms with Gasteiger partial charge in [0, 0.05) is 29.3 Å². The average Bonchev–Trinajstić information content (AvgIpc) is 3.21. The molecule has 1 fully saturated rings. The maximum absolute atomic E-state index is 13.0. The summed E-state index contributed by atoms with van der Waals surface area (Å²) in [4.78, 5) is 16.6. The Kier molecular flexibility index (Phi) is 6.60. The van der Waals surface area contributed by atoms with E-state index in [1.165, 1.54) is 12.1 Å². The molecule has 1 aromatic heterocycles. The zero-order valence-corrected chi connectivity index (χ0v) is 19.0. The van der Waals surface area contributed by atoms with E-state index in [2.05, 4.69) is 16.3 Å². The van der Waals surface area contributed by atoms with Gasteiger partial charge in [-0.05, 0) is 37.3 Å². The molecule has 33 heavy (non-hydrogen) atoms. The largest absolute Gasteiger partial charge is 0.480 e. The van der Waals surface area contributed by atoms with E-state index in [-0.39, 0.29) is 4.90 Å². The van der Waals surface area contributed by atoms with Gasteiger partial charge in [-0.2, -0.15) is 4.72 Å². The number of aromatic nitrogens is 1. The first kappa shape index (κ1) is 23.1. The smallest absolute Gasteiger partial charge is 0.322 e. The lowest BCUT2D eigenvalue weighted by atomic mass is 9.88. The van der Waals surface area contributed by atoms with Crippen LogP contribution in [0.2, 0.25) is 0 Å². The van der Waals surface area contributed by atoms with Crippen molar-refractivity contribution in [1.82, 2.24) is 9.71 Å². The summed E-state index contributed by atoms with van der Waals surface area (Å²) in [6.45, 7) is 5.61. The number of rotatable bonds is 8. The predicted octanol–water partition coefficient (Wildman–Crippen LogP) is 4.00. The number of aryl methyl sites for hydroxylation is 1. The van der Waals surface area contributed by atoms with Crippen molar-refractivity contribution in [2.75, 3.05) is 0 Å². The Hall–Kier alpha value is -3.07. The van der Waals surface area contributed by atoms with Crippen LogP contribution in [-0.2, 0) is 19.6 Å². The number of ether oxygens (including phenoxy) is 1. The van der Waals surface area contributed by atoms with Gasteiger partial charge in [0.15, 0.2) is 0 Å². The van der Waals surface area contributed by atoms with E-state index in [4.69, 9.17) is 4.74 Å². The lowest BCUT2D eigenvalue weighted by Gasteiger charge is -2.24. The summed E-state index contributed by atoms with van der Waals surface area (Å²) in [5.41, 5.74) is 1.76. The Bertz CT molecular complexity index is 1270. The summed E-state index contributed by atoms with van der Waals surface area (Å²) in [7, 11) is -4.04. The van der Waals surface area contributed by atoms with Gasteiger partial charge in [0.1, 0.15) is 6.04 Å². The molecule has 0 radical (unpaired) electrons. The van der Waals surface area contributed by atoms with Gasteiger partial charge in [0.25, 0.3) is 0 Å². The summed E-state index contributed by atoms with van der Waals surface area (Å²) in [6.07, 6.45) is 4.97. The van der Waals surface area contributed by atoms with Crippen molar-refractivity contribution in [3.05, 3.63) is 84.7 Å². The highest BCUT2D eigenvalue weighted by atomic mass is 32.2. The van der Waals surface area contributed by atoms with Crippen LogP contribution in [0.25, 0.3) is 10.8 Å². The van der Waals surface area contributed by atoms with Crippen LogP contribution in [0.5, 0.6) is 0 Å². The molecule has 0 bridgehead atoms. The molecule has 172 valence electrons. The summed E-state index contributed by atoms with van der Waals surface area (Å²) >= 11 is 0. The molecule has 0 spiro atoms. The second-order valence-electron chi connectivity index (χ2n) is 8.29. The van der Waals surface area contributed by atoms with E-state index in [0.29, 0.717) is 12.8 Å². The summed E-state index contributed by atoms with van der Waals surface area (Å²) < 4.78 is 34.6. The van der Waals surface area contributed by atoms with Gasteiger partial charge < -0.3 is 9.84 Å². The third-order valence-electron chi connectivity index (χ3n) is 6.06. The number of fused-ring (bicyclic) bond motifs is 1. The van der Waals surface area contributed by atoms with Gasteiger partial charge in [0.05, 0.1) is 17.1 Å². The minimum atomic E-state index is -4.04. The molecular formula is C25H26N2O5S. The summed E-state index contributed by atoms with van der Waals surface area (Å²) in [5.74, 6) is -1.84. The van der Waals surface area contributed by atoms with Crippen LogP contribution in [0.3, 0.4) is 0 Å². The van der Waals surface area contributed by atoms with Crippen LogP contribution in [-0.4, -0.2) is 36.6 Å². The zero-order chi connectivity index (χ0) is 23.6. The Morgan fingerprint density at radius 2 is 1.97 bits per heavy atom. The van der Waals surface area contributed by atoms with Crippen LogP contribution in [0.1, 0.15) is 30.1 Å². The molecule has 0 aliphatic carbocycles. The van der Waals surface area contributed by atoms with Gasteiger partial charge in [-0.25, -0.2) is 8.42 Å². The number of sulfonamides is 1. The fourth-order valence-corrected chi connectivity index (χ4v) is 5.62. The van der Waals surface area contributed by atoms with Crippen LogP contribution < -0.4 is 4.72 Å². The molecule has 2 N–H and O–H groups in total. The second-order valence-corrected chi connectivity index (χ2v) is 10.0. The number of nitrogens with zero attached hydrogens (tertiary/aromatic N) is 1. The van der Waals surface area contributed by atoms with Crippen molar-refractivity contribution in [3.8, 4) is 0 Å². The molecule has 1 unspecified atom stereocenters. The molecule has 0 saturated carbocycles. The minimum absolute atomic E-state index is 0.0216. The monoisotopic (exact) mass is 466 g/mol. The van der Waals surface area contributed by atoms with E-state index in [0.717, 1.165) is 21.9 Å².